The summed E-state index contributed by atoms with van der Waals surface area (Å²) in [5.41, 5.74) is 11.0. The van der Waals surface area contributed by atoms with Gasteiger partial charge in [-0.25, -0.2) is 0 Å². The maximum absolute atomic E-state index is 13.1. The molecule has 0 aliphatic heterocycles. The van der Waals surface area contributed by atoms with Crippen molar-refractivity contribution in [2.24, 2.45) is 0 Å². The number of pyridine rings is 1. The van der Waals surface area contributed by atoms with Crippen molar-refractivity contribution in [2.75, 3.05) is 5.73 Å². The summed E-state index contributed by atoms with van der Waals surface area (Å²) in [7, 11) is 0. The number of carbonyl (C=O) groups is 1. The van der Waals surface area contributed by atoms with Crippen molar-refractivity contribution in [1.82, 2.24) is 0 Å². The molecule has 4 rings (SSSR count). The Morgan fingerprint density at radius 1 is 1.07 bits per heavy atom. The molecule has 2 aromatic heterocycles. The Hall–Kier alpha value is -2.41. The van der Waals surface area contributed by atoms with Gasteiger partial charge in [-0.3, -0.25) is 4.79 Å². The van der Waals surface area contributed by atoms with Crippen LogP contribution in [0.5, 0.6) is 0 Å². The highest BCUT2D eigenvalue weighted by Crippen LogP contribution is 2.40. The summed E-state index contributed by atoms with van der Waals surface area (Å²) < 4.78 is 4.11. The number of thiophene rings is 1. The summed E-state index contributed by atoms with van der Waals surface area (Å²) in [6.07, 6.45) is 4.02. The second-order valence-electron chi connectivity index (χ2n) is 6.88. The Labute approximate surface area is 192 Å². The van der Waals surface area contributed by atoms with E-state index in [4.69, 9.17) is 5.73 Å². The largest absolute Gasteiger partial charge is 0.392 e. The van der Waals surface area contributed by atoms with Gasteiger partial charge in [0.15, 0.2) is 12.4 Å². The molecule has 0 saturated carbocycles. The van der Waals surface area contributed by atoms with Crippen LogP contribution in [0, 0.1) is 6.92 Å². The second-order valence-corrected chi connectivity index (χ2v) is 10.1. The Morgan fingerprint density at radius 2 is 1.80 bits per heavy atom. The van der Waals surface area contributed by atoms with Crippen LogP contribution in [0.15, 0.2) is 87.8 Å². The van der Waals surface area contributed by atoms with Gasteiger partial charge in [0.25, 0.3) is 5.69 Å². The first-order valence-corrected chi connectivity index (χ1v) is 12.0. The summed E-state index contributed by atoms with van der Waals surface area (Å²) in [6, 6.07) is 21.6. The van der Waals surface area contributed by atoms with Crippen LogP contribution in [0.1, 0.15) is 26.4 Å². The molecule has 0 aliphatic rings. The van der Waals surface area contributed by atoms with E-state index in [1.807, 2.05) is 78.5 Å². The Kier molecular flexibility index (Phi) is 6.37. The molecule has 0 spiro atoms. The third kappa shape index (κ3) is 4.51. The highest BCUT2D eigenvalue weighted by atomic mass is 79.9. The van der Waals surface area contributed by atoms with Gasteiger partial charge in [-0.05, 0) is 30.7 Å². The highest BCUT2D eigenvalue weighted by molar-refractivity contribution is 9.10. The number of rotatable bonds is 6. The topological polar surface area (TPSA) is 47.0 Å². The molecule has 0 amide bonds. The number of halogens is 1. The number of aromatic nitrogens is 1. The van der Waals surface area contributed by atoms with Crippen LogP contribution >= 0.6 is 39.0 Å². The van der Waals surface area contributed by atoms with Crippen molar-refractivity contribution in [3.05, 3.63) is 105 Å². The average Bonchev–Trinajstić information content (AvgIpc) is 3.09. The minimum atomic E-state index is -0.0388. The number of aryl methyl sites for hydroxylation is 1. The predicted octanol–water partition coefficient (Wildman–Crippen LogP) is 6.20. The summed E-state index contributed by atoms with van der Waals surface area (Å²) >= 11 is 6.65. The van der Waals surface area contributed by atoms with Gasteiger partial charge >= 0.3 is 0 Å². The van der Waals surface area contributed by atoms with Crippen molar-refractivity contribution in [3.8, 4) is 5.69 Å². The predicted molar refractivity (Wildman–Crippen MR) is 129 cm³/mol. The van der Waals surface area contributed by atoms with Crippen LogP contribution in [0.3, 0.4) is 0 Å². The smallest absolute Gasteiger partial charge is 0.259 e. The van der Waals surface area contributed by atoms with Crippen molar-refractivity contribution in [2.45, 2.75) is 16.9 Å². The van der Waals surface area contributed by atoms with Gasteiger partial charge in [0.05, 0.1) is 0 Å². The van der Waals surface area contributed by atoms with Crippen LogP contribution in [0.4, 0.5) is 5.69 Å². The molecule has 2 heterocycles. The third-order valence-electron chi connectivity index (χ3n) is 4.62. The molecule has 0 saturated heterocycles. The van der Waals surface area contributed by atoms with E-state index in [1.54, 1.807) is 11.8 Å². The molecular weight excluding hydrogens is 476 g/mol. The molecular formula is C24H20BrN2OS2+. The zero-order valence-electron chi connectivity index (χ0n) is 16.3. The van der Waals surface area contributed by atoms with Crippen LogP contribution in [0.2, 0.25) is 0 Å². The van der Waals surface area contributed by atoms with E-state index in [2.05, 4.69) is 28.1 Å². The minimum Gasteiger partial charge on any atom is -0.392 e. The molecule has 2 aromatic carbocycles. The summed E-state index contributed by atoms with van der Waals surface area (Å²) in [4.78, 5) is 13.7. The van der Waals surface area contributed by atoms with Gasteiger partial charge in [-0.15, -0.1) is 23.1 Å². The van der Waals surface area contributed by atoms with Crippen molar-refractivity contribution in [3.63, 3.8) is 0 Å². The summed E-state index contributed by atoms with van der Waals surface area (Å²) in [6.45, 7) is 2.05. The normalized spacial score (nSPS) is 10.9. The first-order valence-electron chi connectivity index (χ1n) is 9.40. The number of nitrogen functional groups attached to an aromatic ring is 1. The van der Waals surface area contributed by atoms with Gasteiger partial charge in [0.2, 0.25) is 5.78 Å². The number of anilines is 1. The van der Waals surface area contributed by atoms with Gasteiger partial charge in [0, 0.05) is 27.4 Å². The number of carbonyl (C=O) groups excluding carboxylic acids is 1. The number of hydrogen-bond donors (Lipinski definition) is 1. The van der Waals surface area contributed by atoms with E-state index < -0.39 is 0 Å². The summed E-state index contributed by atoms with van der Waals surface area (Å²) in [5.74, 6) is 0.758. The van der Waals surface area contributed by atoms with E-state index in [0.29, 0.717) is 16.1 Å². The van der Waals surface area contributed by atoms with E-state index >= 15 is 0 Å². The quantitative estimate of drug-likeness (QED) is 0.196. The molecule has 4 aromatic rings. The minimum absolute atomic E-state index is 0.0388. The van der Waals surface area contributed by atoms with E-state index in [9.17, 15) is 4.79 Å². The zero-order chi connectivity index (χ0) is 21.1. The molecule has 0 unspecified atom stereocenters. The van der Waals surface area contributed by atoms with Crippen molar-refractivity contribution < 1.29 is 9.36 Å². The lowest BCUT2D eigenvalue weighted by Crippen LogP contribution is -2.31. The number of nitrogens with two attached hydrogens (primary N) is 1. The number of hydrogen-bond acceptors (Lipinski definition) is 4. The molecule has 150 valence electrons. The zero-order valence-corrected chi connectivity index (χ0v) is 19.6. The molecule has 0 radical (unpaired) electrons. The average molecular weight is 496 g/mol. The fraction of sp³-hybridized carbons (Fsp3) is 0.0833. The standard InChI is InChI=1S/C24H19BrN2OS2/c1-16-6-5-13-27(14-16)21-20(26)23(22(28)18-7-3-2-4-8-18)30-24(21)29-15-17-9-11-19(25)12-10-17/h2-14H,15H2,1H3,(H-,26,28)/p+1. The number of benzene rings is 2. The van der Waals surface area contributed by atoms with Crippen molar-refractivity contribution >= 4 is 50.5 Å². The molecule has 0 aliphatic carbocycles. The van der Waals surface area contributed by atoms with Gasteiger partial charge in [-0.1, -0.05) is 58.4 Å². The molecule has 0 fully saturated rings. The maximum atomic E-state index is 13.1. The Morgan fingerprint density at radius 3 is 2.50 bits per heavy atom. The molecule has 0 bridgehead atoms. The number of ketones is 1. The third-order valence-corrected chi connectivity index (χ3v) is 7.67. The van der Waals surface area contributed by atoms with Crippen LogP contribution in [-0.2, 0) is 5.75 Å². The fourth-order valence-electron chi connectivity index (χ4n) is 3.11. The Balaban J connectivity index is 1.75. The van der Waals surface area contributed by atoms with Crippen LogP contribution in [0.25, 0.3) is 5.69 Å². The van der Waals surface area contributed by atoms with Gasteiger partial charge < -0.3 is 5.73 Å². The highest BCUT2D eigenvalue weighted by Gasteiger charge is 2.28. The van der Waals surface area contributed by atoms with Gasteiger partial charge in [0.1, 0.15) is 14.8 Å². The molecule has 6 heteroatoms. The number of nitrogens with zero attached hydrogens (tertiary/aromatic N) is 1. The first-order chi connectivity index (χ1) is 14.5. The number of thioether (sulfide) groups is 1. The van der Waals surface area contributed by atoms with Crippen molar-refractivity contribution in [1.29, 1.82) is 0 Å². The molecule has 2 N–H and O–H groups in total. The van der Waals surface area contributed by atoms with Crippen LogP contribution < -0.4 is 10.3 Å². The first kappa shape index (κ1) is 20.8. The van der Waals surface area contributed by atoms with E-state index in [0.717, 1.165) is 25.7 Å². The van der Waals surface area contributed by atoms with Crippen LogP contribution in [-0.4, -0.2) is 5.78 Å². The maximum Gasteiger partial charge on any atom is 0.259 e. The lowest BCUT2D eigenvalue weighted by molar-refractivity contribution is -0.597. The monoisotopic (exact) mass is 495 g/mol. The Bertz CT molecular complexity index is 1190. The lowest BCUT2D eigenvalue weighted by Gasteiger charge is -2.02. The van der Waals surface area contributed by atoms with Gasteiger partial charge in [-0.2, -0.15) is 4.57 Å². The fourth-order valence-corrected chi connectivity index (χ4v) is 5.79. The van der Waals surface area contributed by atoms with E-state index in [1.165, 1.54) is 16.9 Å². The molecule has 0 atom stereocenters. The SMILES string of the molecule is Cc1ccc[n+](-c2c(SCc3ccc(Br)cc3)sc(C(=O)c3ccccc3)c2N)c1. The van der Waals surface area contributed by atoms with E-state index in [-0.39, 0.29) is 5.78 Å². The molecule has 30 heavy (non-hydrogen) atoms. The second kappa shape index (κ2) is 9.16. The molecule has 3 nitrogen and oxygen atoms in total. The lowest BCUT2D eigenvalue weighted by atomic mass is 10.1. The summed E-state index contributed by atoms with van der Waals surface area (Å²) in [5, 5.41) is 0.